The van der Waals surface area contributed by atoms with Gasteiger partial charge in [0, 0.05) is 11.6 Å². The van der Waals surface area contributed by atoms with Gasteiger partial charge in [0.05, 0.1) is 10.9 Å². The molecule has 6 nitrogen and oxygen atoms in total. The smallest absolute Gasteiger partial charge is 0.231 e. The van der Waals surface area contributed by atoms with Crippen LogP contribution in [-0.4, -0.2) is 13.4 Å². The van der Waals surface area contributed by atoms with E-state index in [1.807, 2.05) is 6.07 Å². The van der Waals surface area contributed by atoms with Crippen molar-refractivity contribution in [2.24, 2.45) is 5.73 Å². The fourth-order valence-electron chi connectivity index (χ4n) is 3.12. The van der Waals surface area contributed by atoms with E-state index in [9.17, 15) is 5.26 Å². The first-order valence-electron chi connectivity index (χ1n) is 7.99. The topological polar surface area (TPSA) is 86.7 Å². The van der Waals surface area contributed by atoms with Crippen molar-refractivity contribution in [1.82, 2.24) is 0 Å². The summed E-state index contributed by atoms with van der Waals surface area (Å²) in [5, 5.41) is 10.0. The highest BCUT2D eigenvalue weighted by Gasteiger charge is 2.33. The lowest BCUT2D eigenvalue weighted by Crippen LogP contribution is -2.21. The monoisotopic (exact) mass is 380 g/mol. The molecule has 1 atom stereocenters. The van der Waals surface area contributed by atoms with E-state index >= 15 is 0 Å². The Hall–Kier alpha value is -3.48. The number of nitrogens with zero attached hydrogens (tertiary/aromatic N) is 1. The van der Waals surface area contributed by atoms with Crippen LogP contribution in [0.4, 0.5) is 0 Å². The minimum absolute atomic E-state index is 0.0395. The molecule has 27 heavy (non-hydrogen) atoms. The molecule has 0 unspecified atom stereocenters. The molecule has 0 spiro atoms. The van der Waals surface area contributed by atoms with Crippen LogP contribution < -0.4 is 24.7 Å². The molecule has 2 N–H and O–H groups in total. The summed E-state index contributed by atoms with van der Waals surface area (Å²) in [5.41, 5.74) is 7.78. The number of allylic oxidation sites excluding steroid dienone is 1. The van der Waals surface area contributed by atoms with Gasteiger partial charge in [0.15, 0.2) is 11.5 Å². The maximum absolute atomic E-state index is 9.65. The van der Waals surface area contributed by atoms with Gasteiger partial charge in [-0.3, -0.25) is 0 Å². The number of hydrogen-bond acceptors (Lipinski definition) is 6. The van der Waals surface area contributed by atoms with Crippen LogP contribution in [0.1, 0.15) is 17.0 Å². The standard InChI is InChI=1S/C20H13ClN2O4/c1-2-5-24-15-4-3-11(6-14(15)21)19-12-7-17-18(26-10-25-17)8-16(12)27-20(23)13(19)9-22/h1,3-4,6-8,19H,5,10,23H2/t19-/m1/s1. The second kappa shape index (κ2) is 6.68. The Bertz CT molecular complexity index is 1050. The number of fused-ring (bicyclic) bond motifs is 2. The molecule has 4 rings (SSSR count). The first kappa shape index (κ1) is 17.0. The molecule has 0 saturated carbocycles. The maximum atomic E-state index is 9.65. The largest absolute Gasteiger partial charge is 0.479 e. The van der Waals surface area contributed by atoms with E-state index < -0.39 is 5.92 Å². The Kier molecular flexibility index (Phi) is 4.19. The number of rotatable bonds is 3. The summed E-state index contributed by atoms with van der Waals surface area (Å²) in [6.07, 6.45) is 5.21. The van der Waals surface area contributed by atoms with Crippen LogP contribution in [0.25, 0.3) is 0 Å². The van der Waals surface area contributed by atoms with Crippen LogP contribution in [0.3, 0.4) is 0 Å². The molecule has 2 aliphatic rings. The average molecular weight is 381 g/mol. The summed E-state index contributed by atoms with van der Waals surface area (Å²) in [7, 11) is 0. The maximum Gasteiger partial charge on any atom is 0.231 e. The Morgan fingerprint density at radius 3 is 2.70 bits per heavy atom. The van der Waals surface area contributed by atoms with Gasteiger partial charge in [-0.2, -0.15) is 5.26 Å². The first-order valence-corrected chi connectivity index (χ1v) is 8.37. The van der Waals surface area contributed by atoms with Gasteiger partial charge in [0.1, 0.15) is 29.7 Å². The first-order chi connectivity index (χ1) is 13.1. The van der Waals surface area contributed by atoms with Crippen LogP contribution in [0, 0.1) is 23.7 Å². The van der Waals surface area contributed by atoms with Gasteiger partial charge in [-0.15, -0.1) is 6.42 Å². The van der Waals surface area contributed by atoms with E-state index in [1.165, 1.54) is 0 Å². The Balaban J connectivity index is 1.83. The number of nitrogens with two attached hydrogens (primary N) is 1. The molecule has 2 aromatic rings. The van der Waals surface area contributed by atoms with Gasteiger partial charge in [0.2, 0.25) is 12.7 Å². The van der Waals surface area contributed by atoms with Crippen molar-refractivity contribution in [2.75, 3.05) is 13.4 Å². The highest BCUT2D eigenvalue weighted by Crippen LogP contribution is 2.48. The lowest BCUT2D eigenvalue weighted by atomic mass is 9.83. The fourth-order valence-corrected chi connectivity index (χ4v) is 3.37. The molecule has 0 saturated heterocycles. The summed E-state index contributed by atoms with van der Waals surface area (Å²) in [5.74, 6) is 4.08. The SMILES string of the molecule is C#CCOc1ccc([C@H]2C(C#N)=C(N)Oc3cc4c(cc32)OCO4)cc1Cl. The Morgan fingerprint density at radius 2 is 2.00 bits per heavy atom. The number of halogens is 1. The predicted octanol–water partition coefficient (Wildman–Crippen LogP) is 3.30. The van der Waals surface area contributed by atoms with E-state index in [2.05, 4.69) is 12.0 Å². The lowest BCUT2D eigenvalue weighted by Gasteiger charge is -2.27. The van der Waals surface area contributed by atoms with Gasteiger partial charge >= 0.3 is 0 Å². The molecule has 2 heterocycles. The number of nitriles is 1. The Labute approximate surface area is 160 Å². The Morgan fingerprint density at radius 1 is 1.22 bits per heavy atom. The summed E-state index contributed by atoms with van der Waals surface area (Å²) >= 11 is 6.33. The molecule has 2 aliphatic heterocycles. The van der Waals surface area contributed by atoms with Crippen LogP contribution in [-0.2, 0) is 0 Å². The van der Waals surface area contributed by atoms with Crippen molar-refractivity contribution in [1.29, 1.82) is 5.26 Å². The highest BCUT2D eigenvalue weighted by molar-refractivity contribution is 6.32. The molecule has 0 radical (unpaired) electrons. The van der Waals surface area contributed by atoms with Crippen LogP contribution >= 0.6 is 11.6 Å². The molecule has 0 bridgehead atoms. The zero-order valence-electron chi connectivity index (χ0n) is 14.0. The molecular weight excluding hydrogens is 368 g/mol. The predicted molar refractivity (Wildman–Crippen MR) is 97.6 cm³/mol. The highest BCUT2D eigenvalue weighted by atomic mass is 35.5. The van der Waals surface area contributed by atoms with Crippen LogP contribution in [0.5, 0.6) is 23.0 Å². The third kappa shape index (κ3) is 2.87. The second-order valence-electron chi connectivity index (χ2n) is 5.85. The third-order valence-electron chi connectivity index (χ3n) is 4.31. The summed E-state index contributed by atoms with van der Waals surface area (Å²) < 4.78 is 21.9. The molecule has 134 valence electrons. The summed E-state index contributed by atoms with van der Waals surface area (Å²) in [6, 6.07) is 10.9. The number of hydrogen-bond donors (Lipinski definition) is 1. The van der Waals surface area contributed by atoms with Crippen molar-refractivity contribution in [3.8, 4) is 41.4 Å². The van der Waals surface area contributed by atoms with Gasteiger partial charge in [0.25, 0.3) is 0 Å². The zero-order chi connectivity index (χ0) is 19.0. The van der Waals surface area contributed by atoms with Gasteiger partial charge in [-0.05, 0) is 23.8 Å². The van der Waals surface area contributed by atoms with Crippen LogP contribution in [0.15, 0.2) is 41.8 Å². The number of benzene rings is 2. The van der Waals surface area contributed by atoms with Crippen molar-refractivity contribution < 1.29 is 18.9 Å². The third-order valence-corrected chi connectivity index (χ3v) is 4.61. The molecule has 7 heteroatoms. The molecule has 0 fully saturated rings. The second-order valence-corrected chi connectivity index (χ2v) is 6.26. The number of ether oxygens (including phenoxy) is 4. The van der Waals surface area contributed by atoms with Crippen molar-refractivity contribution in [3.63, 3.8) is 0 Å². The average Bonchev–Trinajstić information content (AvgIpc) is 3.11. The van der Waals surface area contributed by atoms with Gasteiger partial charge in [-0.1, -0.05) is 23.6 Å². The molecular formula is C20H13ClN2O4. The minimum Gasteiger partial charge on any atom is -0.479 e. The van der Waals surface area contributed by atoms with Crippen LogP contribution in [0.2, 0.25) is 5.02 Å². The van der Waals surface area contributed by atoms with E-state index in [0.29, 0.717) is 28.0 Å². The molecule has 0 aliphatic carbocycles. The normalized spacial score (nSPS) is 16.8. The fraction of sp³-hybridized carbons (Fsp3) is 0.150. The van der Waals surface area contributed by atoms with Crippen molar-refractivity contribution >= 4 is 11.6 Å². The van der Waals surface area contributed by atoms with E-state index in [0.717, 1.165) is 11.1 Å². The molecule has 0 aromatic heterocycles. The zero-order valence-corrected chi connectivity index (χ0v) is 14.7. The van der Waals surface area contributed by atoms with Gasteiger partial charge in [-0.25, -0.2) is 0 Å². The lowest BCUT2D eigenvalue weighted by molar-refractivity contribution is 0.174. The van der Waals surface area contributed by atoms with E-state index in [4.69, 9.17) is 42.7 Å². The summed E-state index contributed by atoms with van der Waals surface area (Å²) in [6.45, 7) is 0.239. The van der Waals surface area contributed by atoms with Crippen molar-refractivity contribution in [2.45, 2.75) is 5.92 Å². The number of terminal acetylenes is 1. The van der Waals surface area contributed by atoms with Gasteiger partial charge < -0.3 is 24.7 Å². The quantitative estimate of drug-likeness (QED) is 0.822. The summed E-state index contributed by atoms with van der Waals surface area (Å²) in [4.78, 5) is 0. The van der Waals surface area contributed by atoms with Crippen molar-refractivity contribution in [3.05, 3.63) is 57.9 Å². The minimum atomic E-state index is -0.465. The van der Waals surface area contributed by atoms with E-state index in [-0.39, 0.29) is 24.9 Å². The molecule has 2 aromatic carbocycles. The van der Waals surface area contributed by atoms with E-state index in [1.54, 1.807) is 24.3 Å². The molecule has 0 amide bonds.